The maximum atomic E-state index is 12.9. The van der Waals surface area contributed by atoms with Crippen LogP contribution < -0.4 is 0 Å². The van der Waals surface area contributed by atoms with Crippen molar-refractivity contribution in [3.05, 3.63) is 97.2 Å². The molecule has 82 heavy (non-hydrogen) atoms. The average molecular weight is 1140 g/mol. The lowest BCUT2D eigenvalue weighted by atomic mass is 10.0. The molecule has 0 aromatic carbocycles. The summed E-state index contributed by atoms with van der Waals surface area (Å²) in [5, 5.41) is 0. The number of ether oxygens (including phenoxy) is 3. The fraction of sp³-hybridized carbons (Fsp3) is 0.750. The van der Waals surface area contributed by atoms with Gasteiger partial charge in [-0.3, -0.25) is 14.4 Å². The van der Waals surface area contributed by atoms with Crippen molar-refractivity contribution in [1.82, 2.24) is 0 Å². The van der Waals surface area contributed by atoms with Crippen LogP contribution in [0.2, 0.25) is 0 Å². The Morgan fingerprint density at radius 3 is 0.793 bits per heavy atom. The number of esters is 3. The van der Waals surface area contributed by atoms with Crippen molar-refractivity contribution in [2.45, 2.75) is 354 Å². The first-order valence-electron chi connectivity index (χ1n) is 35.2. The van der Waals surface area contributed by atoms with Crippen molar-refractivity contribution in [1.29, 1.82) is 0 Å². The molecule has 6 nitrogen and oxygen atoms in total. The Morgan fingerprint density at radius 1 is 0.256 bits per heavy atom. The molecule has 0 aliphatic heterocycles. The first-order chi connectivity index (χ1) is 40.5. The summed E-state index contributed by atoms with van der Waals surface area (Å²) in [7, 11) is 0. The zero-order valence-electron chi connectivity index (χ0n) is 54.2. The standard InChI is InChI=1S/C76H132O6/c1-4-7-10-13-16-19-22-25-27-29-31-33-35-37-38-40-41-43-45-47-49-51-54-57-60-63-66-69-75(78)81-72-73(71-80-74(77)68-65-62-59-56-53-24-21-18-15-12-9-6-3)82-76(79)70-67-64-61-58-55-52-50-48-46-44-42-39-36-34-32-30-28-26-23-20-17-14-11-8-5-2/h8,11,17-18,20-21,26,28,32,34,39,42,46,48,52,55,73H,4-7,9-10,12-16,19,22-25,27,29-31,33,35-38,40-41,43-45,47,49-51,53-54,56-72H2,1-3H3/b11-8-,20-17-,21-18-,28-26-,34-32-,42-39-,48-46-,55-52-. The molecule has 0 radical (unpaired) electrons. The van der Waals surface area contributed by atoms with Gasteiger partial charge in [-0.2, -0.15) is 0 Å². The minimum Gasteiger partial charge on any atom is -0.462 e. The van der Waals surface area contributed by atoms with E-state index in [1.165, 1.54) is 193 Å². The highest BCUT2D eigenvalue weighted by molar-refractivity contribution is 5.71. The van der Waals surface area contributed by atoms with Crippen LogP contribution in [0.3, 0.4) is 0 Å². The maximum Gasteiger partial charge on any atom is 0.306 e. The molecule has 0 aromatic heterocycles. The number of carbonyl (C=O) groups excluding carboxylic acids is 3. The van der Waals surface area contributed by atoms with Gasteiger partial charge < -0.3 is 14.2 Å². The summed E-state index contributed by atoms with van der Waals surface area (Å²) in [6.45, 7) is 6.51. The average Bonchev–Trinajstić information content (AvgIpc) is 3.47. The van der Waals surface area contributed by atoms with Crippen LogP contribution in [-0.2, 0) is 28.6 Å². The van der Waals surface area contributed by atoms with Crippen LogP contribution in [0.5, 0.6) is 0 Å². The molecule has 0 aliphatic carbocycles. The monoisotopic (exact) mass is 1140 g/mol. The van der Waals surface area contributed by atoms with Crippen LogP contribution in [-0.4, -0.2) is 37.2 Å². The third-order valence-electron chi connectivity index (χ3n) is 15.3. The molecule has 1 atom stereocenters. The Labute approximate surface area is 508 Å². The van der Waals surface area contributed by atoms with E-state index < -0.39 is 6.10 Å². The molecule has 0 N–H and O–H groups in total. The molecule has 0 aromatic rings. The van der Waals surface area contributed by atoms with E-state index in [9.17, 15) is 14.4 Å². The summed E-state index contributed by atoms with van der Waals surface area (Å²) in [6.07, 6.45) is 94.4. The van der Waals surface area contributed by atoms with Crippen LogP contribution in [0.1, 0.15) is 348 Å². The van der Waals surface area contributed by atoms with E-state index >= 15 is 0 Å². The molecule has 0 rings (SSSR count). The minimum absolute atomic E-state index is 0.0913. The quantitative estimate of drug-likeness (QED) is 0.0261. The molecule has 0 bridgehead atoms. The smallest absolute Gasteiger partial charge is 0.306 e. The van der Waals surface area contributed by atoms with Gasteiger partial charge in [-0.05, 0) is 103 Å². The van der Waals surface area contributed by atoms with E-state index in [2.05, 4.69) is 118 Å². The number of allylic oxidation sites excluding steroid dienone is 16. The van der Waals surface area contributed by atoms with Crippen LogP contribution in [0.4, 0.5) is 0 Å². The maximum absolute atomic E-state index is 12.9. The molecule has 472 valence electrons. The zero-order valence-corrected chi connectivity index (χ0v) is 54.2. The highest BCUT2D eigenvalue weighted by Crippen LogP contribution is 2.18. The molecule has 0 saturated heterocycles. The molecule has 0 heterocycles. The third kappa shape index (κ3) is 67.1. The second-order valence-corrected chi connectivity index (χ2v) is 23.4. The van der Waals surface area contributed by atoms with Crippen LogP contribution in [0.15, 0.2) is 97.2 Å². The normalized spacial score (nSPS) is 12.7. The zero-order chi connectivity index (χ0) is 59.2. The van der Waals surface area contributed by atoms with Crippen molar-refractivity contribution in [3.63, 3.8) is 0 Å². The van der Waals surface area contributed by atoms with Crippen molar-refractivity contribution >= 4 is 17.9 Å². The second-order valence-electron chi connectivity index (χ2n) is 23.4. The van der Waals surface area contributed by atoms with E-state index in [-0.39, 0.29) is 37.5 Å². The van der Waals surface area contributed by atoms with Crippen molar-refractivity contribution in [2.75, 3.05) is 13.2 Å². The van der Waals surface area contributed by atoms with E-state index in [4.69, 9.17) is 14.2 Å². The highest BCUT2D eigenvalue weighted by atomic mass is 16.6. The van der Waals surface area contributed by atoms with Crippen molar-refractivity contribution in [3.8, 4) is 0 Å². The van der Waals surface area contributed by atoms with Gasteiger partial charge in [0.25, 0.3) is 0 Å². The van der Waals surface area contributed by atoms with Gasteiger partial charge in [0.1, 0.15) is 13.2 Å². The summed E-state index contributed by atoms with van der Waals surface area (Å²) >= 11 is 0. The minimum atomic E-state index is -0.800. The number of carbonyl (C=O) groups is 3. The lowest BCUT2D eigenvalue weighted by Crippen LogP contribution is -2.30. The fourth-order valence-electron chi connectivity index (χ4n) is 10.1. The van der Waals surface area contributed by atoms with E-state index in [1.807, 2.05) is 0 Å². The number of rotatable bonds is 64. The van der Waals surface area contributed by atoms with Gasteiger partial charge in [-0.25, -0.2) is 0 Å². The fourth-order valence-corrected chi connectivity index (χ4v) is 10.1. The Balaban J connectivity index is 4.30. The van der Waals surface area contributed by atoms with Gasteiger partial charge in [0.15, 0.2) is 6.10 Å². The Bertz CT molecular complexity index is 1590. The first-order valence-corrected chi connectivity index (χ1v) is 35.2. The van der Waals surface area contributed by atoms with Gasteiger partial charge in [-0.1, -0.05) is 323 Å². The number of hydrogen-bond acceptors (Lipinski definition) is 6. The molecule has 0 aliphatic rings. The largest absolute Gasteiger partial charge is 0.462 e. The van der Waals surface area contributed by atoms with Crippen LogP contribution in [0.25, 0.3) is 0 Å². The number of unbranched alkanes of at least 4 members (excludes halogenated alkanes) is 37. The molecular formula is C76H132O6. The molecule has 0 spiro atoms. The van der Waals surface area contributed by atoms with Crippen LogP contribution >= 0.6 is 0 Å². The Morgan fingerprint density at radius 2 is 0.476 bits per heavy atom. The Hall–Kier alpha value is -3.67. The first kappa shape index (κ1) is 78.3. The predicted molar refractivity (Wildman–Crippen MR) is 357 cm³/mol. The predicted octanol–water partition coefficient (Wildman–Crippen LogP) is 24.4. The van der Waals surface area contributed by atoms with Gasteiger partial charge in [0, 0.05) is 19.3 Å². The number of hydrogen-bond donors (Lipinski definition) is 0. The van der Waals surface area contributed by atoms with E-state index in [0.717, 1.165) is 116 Å². The Kier molecular flexibility index (Phi) is 66.7. The third-order valence-corrected chi connectivity index (χ3v) is 15.3. The summed E-state index contributed by atoms with van der Waals surface area (Å²) in [5.74, 6) is -0.920. The topological polar surface area (TPSA) is 78.9 Å². The summed E-state index contributed by atoms with van der Waals surface area (Å²) < 4.78 is 16.9. The molecule has 6 heteroatoms. The van der Waals surface area contributed by atoms with Gasteiger partial charge >= 0.3 is 17.9 Å². The summed E-state index contributed by atoms with van der Waals surface area (Å²) in [6, 6.07) is 0. The molecular weight excluding hydrogens is 1010 g/mol. The highest BCUT2D eigenvalue weighted by Gasteiger charge is 2.19. The van der Waals surface area contributed by atoms with E-state index in [0.29, 0.717) is 12.8 Å². The summed E-state index contributed by atoms with van der Waals surface area (Å²) in [4.78, 5) is 38.4. The molecule has 1 unspecified atom stereocenters. The van der Waals surface area contributed by atoms with Gasteiger partial charge in [0.05, 0.1) is 0 Å². The lowest BCUT2D eigenvalue weighted by Gasteiger charge is -2.18. The molecule has 0 amide bonds. The molecule has 0 saturated carbocycles. The van der Waals surface area contributed by atoms with Crippen molar-refractivity contribution < 1.29 is 28.6 Å². The molecule has 0 fully saturated rings. The SMILES string of the molecule is CC/C=C\C/C=C\C/C=C\C/C=C\C/C=C\C/C=C\C/C=C\CCCCCC(=O)OC(COC(=O)CCCCCCC/C=C\CCCCC)COC(=O)CCCCCCCCCCCCCCCCCCCCCCCCCCCCC. The lowest BCUT2D eigenvalue weighted by molar-refractivity contribution is -0.167. The van der Waals surface area contributed by atoms with Gasteiger partial charge in [-0.15, -0.1) is 0 Å². The van der Waals surface area contributed by atoms with Crippen molar-refractivity contribution in [2.24, 2.45) is 0 Å². The van der Waals surface area contributed by atoms with E-state index in [1.54, 1.807) is 0 Å². The van der Waals surface area contributed by atoms with Crippen LogP contribution in [0, 0.1) is 0 Å². The summed E-state index contributed by atoms with van der Waals surface area (Å²) in [5.41, 5.74) is 0. The van der Waals surface area contributed by atoms with Gasteiger partial charge in [0.2, 0.25) is 0 Å². The second kappa shape index (κ2) is 69.8.